The quantitative estimate of drug-likeness (QED) is 0.644. The molecular weight excluding hydrogens is 396 g/mol. The Balaban J connectivity index is 1.58. The summed E-state index contributed by atoms with van der Waals surface area (Å²) in [4.78, 5) is 30.3. The van der Waals surface area contributed by atoms with Crippen LogP contribution in [0.5, 0.6) is 0 Å². The van der Waals surface area contributed by atoms with Crippen LogP contribution in [0.3, 0.4) is 0 Å². The maximum absolute atomic E-state index is 13.2. The van der Waals surface area contributed by atoms with Crippen LogP contribution in [0.2, 0.25) is 0 Å². The molecule has 0 radical (unpaired) electrons. The fourth-order valence-corrected chi connectivity index (χ4v) is 3.96. The summed E-state index contributed by atoms with van der Waals surface area (Å²) in [6.45, 7) is 6.60. The Hall–Kier alpha value is -2.48. The number of carbonyl (C=O) groups is 1. The summed E-state index contributed by atoms with van der Waals surface area (Å²) in [5.74, 6) is 0.728. The van der Waals surface area contributed by atoms with Crippen molar-refractivity contribution in [3.63, 3.8) is 0 Å². The lowest BCUT2D eigenvalue weighted by molar-refractivity contribution is 0.0738. The highest BCUT2D eigenvalue weighted by molar-refractivity contribution is 9.10. The van der Waals surface area contributed by atoms with Crippen LogP contribution in [-0.2, 0) is 0 Å². The number of imidazole rings is 1. The molecule has 0 atom stereocenters. The van der Waals surface area contributed by atoms with Gasteiger partial charge in [-0.1, -0.05) is 0 Å². The van der Waals surface area contributed by atoms with E-state index in [9.17, 15) is 4.79 Å². The molecule has 1 saturated heterocycles. The van der Waals surface area contributed by atoms with Gasteiger partial charge in [-0.3, -0.25) is 9.20 Å². The molecule has 0 aliphatic carbocycles. The van der Waals surface area contributed by atoms with Gasteiger partial charge in [0.15, 0.2) is 5.65 Å². The minimum Gasteiger partial charge on any atom is -0.337 e. The number of aromatic nitrogens is 4. The van der Waals surface area contributed by atoms with Crippen molar-refractivity contribution in [1.82, 2.24) is 24.3 Å². The lowest BCUT2D eigenvalue weighted by Gasteiger charge is -2.34. The predicted molar refractivity (Wildman–Crippen MR) is 103 cm³/mol. The number of rotatable bonds is 2. The SMILES string of the molecule is Cc1cc(Br)c2nc(C)c(C(=O)N3CCN(c4ncccn4)CC3)n2c1. The van der Waals surface area contributed by atoms with E-state index >= 15 is 0 Å². The zero-order chi connectivity index (χ0) is 18.3. The van der Waals surface area contributed by atoms with Crippen molar-refractivity contribution >= 4 is 33.4 Å². The molecule has 0 unspecified atom stereocenters. The van der Waals surface area contributed by atoms with E-state index in [4.69, 9.17) is 0 Å². The molecule has 7 nitrogen and oxygen atoms in total. The maximum Gasteiger partial charge on any atom is 0.272 e. The summed E-state index contributed by atoms with van der Waals surface area (Å²) in [7, 11) is 0. The van der Waals surface area contributed by atoms with Gasteiger partial charge in [-0.05, 0) is 47.5 Å². The first-order chi connectivity index (χ1) is 12.5. The Morgan fingerprint density at radius 2 is 1.81 bits per heavy atom. The second kappa shape index (κ2) is 6.68. The number of aryl methyl sites for hydroxylation is 2. The second-order valence-corrected chi connectivity index (χ2v) is 7.29. The molecule has 3 aromatic rings. The van der Waals surface area contributed by atoms with Crippen LogP contribution in [0.4, 0.5) is 5.95 Å². The largest absolute Gasteiger partial charge is 0.337 e. The molecule has 4 heterocycles. The number of hydrogen-bond donors (Lipinski definition) is 0. The summed E-state index contributed by atoms with van der Waals surface area (Å²) < 4.78 is 2.79. The van der Waals surface area contributed by atoms with Gasteiger partial charge in [-0.15, -0.1) is 0 Å². The van der Waals surface area contributed by atoms with Gasteiger partial charge in [0.05, 0.1) is 10.2 Å². The number of pyridine rings is 1. The lowest BCUT2D eigenvalue weighted by Crippen LogP contribution is -2.49. The molecule has 0 N–H and O–H groups in total. The second-order valence-electron chi connectivity index (χ2n) is 6.43. The van der Waals surface area contributed by atoms with Crippen molar-refractivity contribution in [2.75, 3.05) is 31.1 Å². The van der Waals surface area contributed by atoms with E-state index in [1.807, 2.05) is 35.4 Å². The van der Waals surface area contributed by atoms with Gasteiger partial charge in [0, 0.05) is 44.8 Å². The van der Waals surface area contributed by atoms with Crippen LogP contribution in [-0.4, -0.2) is 56.3 Å². The number of carbonyl (C=O) groups excluding carboxylic acids is 1. The first-order valence-electron chi connectivity index (χ1n) is 8.50. The van der Waals surface area contributed by atoms with Gasteiger partial charge >= 0.3 is 0 Å². The van der Waals surface area contributed by atoms with E-state index in [0.29, 0.717) is 37.8 Å². The topological polar surface area (TPSA) is 66.6 Å². The fraction of sp³-hybridized carbons (Fsp3) is 0.333. The number of halogens is 1. The molecule has 0 bridgehead atoms. The van der Waals surface area contributed by atoms with Crippen molar-refractivity contribution in [3.05, 3.63) is 52.1 Å². The van der Waals surface area contributed by atoms with Crippen LogP contribution in [0, 0.1) is 13.8 Å². The van der Waals surface area contributed by atoms with Crippen molar-refractivity contribution in [3.8, 4) is 0 Å². The molecule has 1 fully saturated rings. The predicted octanol–water partition coefficient (Wildman–Crippen LogP) is 2.47. The monoisotopic (exact) mass is 414 g/mol. The Morgan fingerprint density at radius 1 is 1.12 bits per heavy atom. The van der Waals surface area contributed by atoms with E-state index in [1.54, 1.807) is 18.5 Å². The van der Waals surface area contributed by atoms with Crippen LogP contribution < -0.4 is 4.90 Å². The number of fused-ring (bicyclic) bond motifs is 1. The van der Waals surface area contributed by atoms with Gasteiger partial charge < -0.3 is 9.80 Å². The molecule has 4 rings (SSSR count). The van der Waals surface area contributed by atoms with Crippen molar-refractivity contribution in [2.45, 2.75) is 13.8 Å². The molecule has 134 valence electrons. The average Bonchev–Trinajstić information content (AvgIpc) is 2.98. The van der Waals surface area contributed by atoms with Crippen molar-refractivity contribution in [1.29, 1.82) is 0 Å². The number of hydrogen-bond acceptors (Lipinski definition) is 5. The van der Waals surface area contributed by atoms with Gasteiger partial charge in [-0.25, -0.2) is 15.0 Å². The Bertz CT molecular complexity index is 963. The first-order valence-corrected chi connectivity index (χ1v) is 9.30. The minimum absolute atomic E-state index is 0.0149. The first kappa shape index (κ1) is 17.0. The van der Waals surface area contributed by atoms with Gasteiger partial charge in [0.2, 0.25) is 5.95 Å². The molecule has 3 aromatic heterocycles. The molecule has 26 heavy (non-hydrogen) atoms. The minimum atomic E-state index is 0.0149. The highest BCUT2D eigenvalue weighted by Crippen LogP contribution is 2.23. The third kappa shape index (κ3) is 2.94. The smallest absolute Gasteiger partial charge is 0.272 e. The number of nitrogens with zero attached hydrogens (tertiary/aromatic N) is 6. The summed E-state index contributed by atoms with van der Waals surface area (Å²) >= 11 is 3.55. The number of anilines is 1. The molecule has 0 aromatic carbocycles. The molecule has 0 saturated carbocycles. The zero-order valence-corrected chi connectivity index (χ0v) is 16.3. The Kier molecular flexibility index (Phi) is 4.36. The standard InChI is InChI=1S/C18H19BrN6O/c1-12-10-14(19)16-22-13(2)15(25(16)11-12)17(26)23-6-8-24(9-7-23)18-20-4-3-5-21-18/h3-5,10-11H,6-9H2,1-2H3. The average molecular weight is 415 g/mol. The third-order valence-corrected chi connectivity index (χ3v) is 5.17. The lowest BCUT2D eigenvalue weighted by atomic mass is 10.2. The van der Waals surface area contributed by atoms with Gasteiger partial charge in [0.25, 0.3) is 5.91 Å². The number of piperazine rings is 1. The van der Waals surface area contributed by atoms with Crippen molar-refractivity contribution in [2.24, 2.45) is 0 Å². The van der Waals surface area contributed by atoms with Crippen LogP contribution >= 0.6 is 15.9 Å². The molecule has 1 aliphatic heterocycles. The van der Waals surface area contributed by atoms with E-state index < -0.39 is 0 Å². The van der Waals surface area contributed by atoms with Crippen LogP contribution in [0.25, 0.3) is 5.65 Å². The Morgan fingerprint density at radius 3 is 2.50 bits per heavy atom. The summed E-state index contributed by atoms with van der Waals surface area (Å²) in [6.07, 6.45) is 5.44. The summed E-state index contributed by atoms with van der Waals surface area (Å²) in [5.41, 5.74) is 3.22. The van der Waals surface area contributed by atoms with E-state index in [2.05, 4.69) is 35.8 Å². The molecular formula is C18H19BrN6O. The van der Waals surface area contributed by atoms with E-state index in [0.717, 1.165) is 21.4 Å². The van der Waals surface area contributed by atoms with Crippen LogP contribution in [0.15, 0.2) is 35.2 Å². The highest BCUT2D eigenvalue weighted by Gasteiger charge is 2.27. The van der Waals surface area contributed by atoms with E-state index in [-0.39, 0.29) is 5.91 Å². The molecule has 8 heteroatoms. The number of amides is 1. The van der Waals surface area contributed by atoms with Gasteiger partial charge in [-0.2, -0.15) is 0 Å². The highest BCUT2D eigenvalue weighted by atomic mass is 79.9. The van der Waals surface area contributed by atoms with Crippen molar-refractivity contribution < 1.29 is 4.79 Å². The van der Waals surface area contributed by atoms with E-state index in [1.165, 1.54) is 0 Å². The summed E-state index contributed by atoms with van der Waals surface area (Å²) in [5, 5.41) is 0. The van der Waals surface area contributed by atoms with Crippen LogP contribution in [0.1, 0.15) is 21.7 Å². The van der Waals surface area contributed by atoms with Gasteiger partial charge in [0.1, 0.15) is 5.69 Å². The zero-order valence-electron chi connectivity index (χ0n) is 14.7. The summed E-state index contributed by atoms with van der Waals surface area (Å²) in [6, 6.07) is 3.81. The molecule has 0 spiro atoms. The maximum atomic E-state index is 13.2. The Labute approximate surface area is 159 Å². The third-order valence-electron chi connectivity index (χ3n) is 4.59. The molecule has 1 amide bonds. The fourth-order valence-electron chi connectivity index (χ4n) is 3.32. The molecule has 1 aliphatic rings. The normalized spacial score (nSPS) is 14.9.